The van der Waals surface area contributed by atoms with Crippen molar-refractivity contribution in [2.45, 2.75) is 13.8 Å². The summed E-state index contributed by atoms with van der Waals surface area (Å²) in [5, 5.41) is 12.1. The minimum atomic E-state index is -0.828. The lowest BCUT2D eigenvalue weighted by atomic mass is 9.94. The van der Waals surface area contributed by atoms with Crippen LogP contribution in [0.15, 0.2) is 29.0 Å². The van der Waals surface area contributed by atoms with Crippen molar-refractivity contribution in [3.63, 3.8) is 0 Å². The Morgan fingerprint density at radius 1 is 1.53 bits per heavy atom. The van der Waals surface area contributed by atoms with Gasteiger partial charge in [0.15, 0.2) is 12.0 Å². The van der Waals surface area contributed by atoms with Crippen LogP contribution in [0.4, 0.5) is 5.69 Å². The highest BCUT2D eigenvalue weighted by molar-refractivity contribution is 5.77. The number of oxazole rings is 1. The van der Waals surface area contributed by atoms with Crippen molar-refractivity contribution in [1.29, 1.82) is 0 Å². The summed E-state index contributed by atoms with van der Waals surface area (Å²) in [4.78, 5) is 15.0. The molecule has 0 amide bonds. The highest BCUT2D eigenvalue weighted by Gasteiger charge is 2.26. The molecule has 0 spiro atoms. The van der Waals surface area contributed by atoms with E-state index >= 15 is 0 Å². The molecule has 0 fully saturated rings. The number of rotatable bonds is 4. The molecule has 0 radical (unpaired) electrons. The zero-order chi connectivity index (χ0) is 12.5. The topological polar surface area (TPSA) is 75.4 Å². The van der Waals surface area contributed by atoms with E-state index in [1.165, 1.54) is 6.39 Å². The second-order valence-electron chi connectivity index (χ2n) is 4.58. The van der Waals surface area contributed by atoms with Crippen molar-refractivity contribution < 1.29 is 14.3 Å². The Kier molecular flexibility index (Phi) is 2.75. The van der Waals surface area contributed by atoms with E-state index in [0.717, 1.165) is 11.2 Å². The Balaban J connectivity index is 2.11. The number of nitrogens with zero attached hydrogens (tertiary/aromatic N) is 1. The molecule has 0 aliphatic heterocycles. The average Bonchev–Trinajstić information content (AvgIpc) is 2.73. The first-order valence-corrected chi connectivity index (χ1v) is 5.29. The molecule has 0 atom stereocenters. The second kappa shape index (κ2) is 4.08. The first-order valence-electron chi connectivity index (χ1n) is 5.29. The summed E-state index contributed by atoms with van der Waals surface area (Å²) in [5.74, 6) is -0.828. The van der Waals surface area contributed by atoms with Crippen LogP contribution in [0.3, 0.4) is 0 Å². The molecule has 5 heteroatoms. The number of carbonyl (C=O) groups is 1. The largest absolute Gasteiger partial charge is 0.481 e. The van der Waals surface area contributed by atoms with Crippen molar-refractivity contribution in [2.75, 3.05) is 11.9 Å². The molecule has 0 saturated carbocycles. The third-order valence-electron chi connectivity index (χ3n) is 2.64. The minimum absolute atomic E-state index is 0.349. The van der Waals surface area contributed by atoms with Crippen LogP contribution in [0.1, 0.15) is 13.8 Å². The molecule has 0 saturated heterocycles. The van der Waals surface area contributed by atoms with Gasteiger partial charge in [0, 0.05) is 18.3 Å². The summed E-state index contributed by atoms with van der Waals surface area (Å²) in [6.45, 7) is 3.70. The summed E-state index contributed by atoms with van der Waals surface area (Å²) in [6.07, 6.45) is 1.38. The molecular formula is C12H14N2O3. The molecule has 0 bridgehead atoms. The van der Waals surface area contributed by atoms with Gasteiger partial charge < -0.3 is 14.8 Å². The van der Waals surface area contributed by atoms with Crippen molar-refractivity contribution >= 4 is 22.8 Å². The average molecular weight is 234 g/mol. The van der Waals surface area contributed by atoms with Crippen LogP contribution >= 0.6 is 0 Å². The Morgan fingerprint density at radius 2 is 2.29 bits per heavy atom. The van der Waals surface area contributed by atoms with E-state index in [-0.39, 0.29) is 0 Å². The van der Waals surface area contributed by atoms with Gasteiger partial charge in [0.25, 0.3) is 0 Å². The van der Waals surface area contributed by atoms with Gasteiger partial charge in [-0.15, -0.1) is 0 Å². The van der Waals surface area contributed by atoms with E-state index in [0.29, 0.717) is 12.1 Å². The zero-order valence-electron chi connectivity index (χ0n) is 9.73. The SMILES string of the molecule is CC(C)(CNc1ccc2ncoc2c1)C(=O)O. The standard InChI is InChI=1S/C12H14N2O3/c1-12(2,11(15)16)6-13-8-3-4-9-10(5-8)17-7-14-9/h3-5,7,13H,6H2,1-2H3,(H,15,16). The molecule has 0 aliphatic rings. The maximum absolute atomic E-state index is 10.9. The van der Waals surface area contributed by atoms with Gasteiger partial charge >= 0.3 is 5.97 Å². The van der Waals surface area contributed by atoms with E-state index in [9.17, 15) is 4.79 Å². The smallest absolute Gasteiger partial charge is 0.310 e. The Morgan fingerprint density at radius 3 is 3.00 bits per heavy atom. The molecule has 90 valence electrons. The van der Waals surface area contributed by atoms with E-state index in [2.05, 4.69) is 10.3 Å². The molecule has 2 aromatic rings. The number of anilines is 1. The van der Waals surface area contributed by atoms with Crippen LogP contribution in [-0.4, -0.2) is 22.6 Å². The fourth-order valence-electron chi connectivity index (χ4n) is 1.36. The third-order valence-corrected chi connectivity index (χ3v) is 2.64. The molecule has 0 aliphatic carbocycles. The highest BCUT2D eigenvalue weighted by atomic mass is 16.4. The van der Waals surface area contributed by atoms with Crippen LogP contribution in [0, 0.1) is 5.41 Å². The van der Waals surface area contributed by atoms with Gasteiger partial charge in [-0.25, -0.2) is 4.98 Å². The number of aliphatic carboxylic acids is 1. The number of hydrogen-bond donors (Lipinski definition) is 2. The highest BCUT2D eigenvalue weighted by Crippen LogP contribution is 2.20. The second-order valence-corrected chi connectivity index (χ2v) is 4.58. The maximum atomic E-state index is 10.9. The summed E-state index contributed by atoms with van der Waals surface area (Å²) in [7, 11) is 0. The maximum Gasteiger partial charge on any atom is 0.310 e. The van der Waals surface area contributed by atoms with Crippen molar-refractivity contribution in [3.8, 4) is 0 Å². The molecular weight excluding hydrogens is 220 g/mol. The van der Waals surface area contributed by atoms with Crippen molar-refractivity contribution in [3.05, 3.63) is 24.6 Å². The van der Waals surface area contributed by atoms with E-state index in [1.54, 1.807) is 19.9 Å². The van der Waals surface area contributed by atoms with E-state index in [1.807, 2.05) is 12.1 Å². The summed E-state index contributed by atoms with van der Waals surface area (Å²) >= 11 is 0. The van der Waals surface area contributed by atoms with Crippen LogP contribution in [0.5, 0.6) is 0 Å². The zero-order valence-corrected chi connectivity index (χ0v) is 9.73. The van der Waals surface area contributed by atoms with E-state index < -0.39 is 11.4 Å². The Hall–Kier alpha value is -2.04. The number of carboxylic acids is 1. The Labute approximate surface area is 98.5 Å². The van der Waals surface area contributed by atoms with Crippen LogP contribution in [0.2, 0.25) is 0 Å². The van der Waals surface area contributed by atoms with Gasteiger partial charge in [0.1, 0.15) is 5.52 Å². The van der Waals surface area contributed by atoms with Crippen LogP contribution in [-0.2, 0) is 4.79 Å². The monoisotopic (exact) mass is 234 g/mol. The molecule has 2 N–H and O–H groups in total. The van der Waals surface area contributed by atoms with Gasteiger partial charge in [0.2, 0.25) is 0 Å². The lowest BCUT2D eigenvalue weighted by Gasteiger charge is -2.20. The summed E-state index contributed by atoms with van der Waals surface area (Å²) in [5.41, 5.74) is 1.48. The van der Waals surface area contributed by atoms with Crippen LogP contribution < -0.4 is 5.32 Å². The molecule has 1 aromatic carbocycles. The van der Waals surface area contributed by atoms with Crippen molar-refractivity contribution in [2.24, 2.45) is 5.41 Å². The molecule has 1 aromatic heterocycles. The molecule has 2 rings (SSSR count). The van der Waals surface area contributed by atoms with Gasteiger partial charge in [-0.1, -0.05) is 0 Å². The lowest BCUT2D eigenvalue weighted by Crippen LogP contribution is -2.31. The number of nitrogens with one attached hydrogen (secondary N) is 1. The molecule has 0 unspecified atom stereocenters. The number of hydrogen-bond acceptors (Lipinski definition) is 4. The minimum Gasteiger partial charge on any atom is -0.481 e. The molecule has 17 heavy (non-hydrogen) atoms. The van der Waals surface area contributed by atoms with Crippen molar-refractivity contribution in [1.82, 2.24) is 4.98 Å². The Bertz CT molecular complexity index is 545. The van der Waals surface area contributed by atoms with Gasteiger partial charge in [0.05, 0.1) is 5.41 Å². The van der Waals surface area contributed by atoms with E-state index in [4.69, 9.17) is 9.52 Å². The fraction of sp³-hybridized carbons (Fsp3) is 0.333. The predicted octanol–water partition coefficient (Wildman–Crippen LogP) is 2.35. The number of carboxylic acid groups (broad SMARTS) is 1. The number of benzene rings is 1. The normalized spacial score (nSPS) is 11.6. The lowest BCUT2D eigenvalue weighted by molar-refractivity contribution is -0.146. The van der Waals surface area contributed by atoms with Gasteiger partial charge in [-0.2, -0.15) is 0 Å². The van der Waals surface area contributed by atoms with Gasteiger partial charge in [-0.05, 0) is 26.0 Å². The number of aromatic nitrogens is 1. The fourth-order valence-corrected chi connectivity index (χ4v) is 1.36. The van der Waals surface area contributed by atoms with Gasteiger partial charge in [-0.3, -0.25) is 4.79 Å². The number of fused-ring (bicyclic) bond motifs is 1. The summed E-state index contributed by atoms with van der Waals surface area (Å²) < 4.78 is 5.17. The third kappa shape index (κ3) is 2.38. The quantitative estimate of drug-likeness (QED) is 0.849. The molecule has 5 nitrogen and oxygen atoms in total. The summed E-state index contributed by atoms with van der Waals surface area (Å²) in [6, 6.07) is 5.48. The van der Waals surface area contributed by atoms with Crippen LogP contribution in [0.25, 0.3) is 11.1 Å². The predicted molar refractivity (Wildman–Crippen MR) is 63.9 cm³/mol. The first kappa shape index (κ1) is 11.4. The first-order chi connectivity index (χ1) is 7.99. The molecule has 1 heterocycles.